The van der Waals surface area contributed by atoms with Crippen molar-refractivity contribution < 1.29 is 19.0 Å². The molecule has 28 heavy (non-hydrogen) atoms. The van der Waals surface area contributed by atoms with Crippen LogP contribution in [0.25, 0.3) is 0 Å². The Morgan fingerprint density at radius 2 is 1.64 bits per heavy atom. The van der Waals surface area contributed by atoms with E-state index in [9.17, 15) is 4.79 Å². The third-order valence-corrected chi connectivity index (χ3v) is 4.85. The van der Waals surface area contributed by atoms with E-state index in [1.54, 1.807) is 26.3 Å². The Bertz CT molecular complexity index is 875. The van der Waals surface area contributed by atoms with Crippen molar-refractivity contribution in [2.45, 2.75) is 26.3 Å². The van der Waals surface area contributed by atoms with Gasteiger partial charge in [-0.05, 0) is 48.0 Å². The van der Waals surface area contributed by atoms with Gasteiger partial charge in [-0.2, -0.15) is 5.10 Å². The molecule has 1 aliphatic rings. The fraction of sp³-hybridized carbons (Fsp3) is 0.364. The summed E-state index contributed by atoms with van der Waals surface area (Å²) in [5.74, 6) is 2.00. The van der Waals surface area contributed by atoms with Crippen LogP contribution >= 0.6 is 0 Å². The Kier molecular flexibility index (Phi) is 5.87. The van der Waals surface area contributed by atoms with Crippen LogP contribution in [0.1, 0.15) is 37.4 Å². The van der Waals surface area contributed by atoms with E-state index in [0.717, 1.165) is 22.6 Å². The van der Waals surface area contributed by atoms with Crippen molar-refractivity contribution >= 4 is 11.6 Å². The Morgan fingerprint density at radius 1 is 1.00 bits per heavy atom. The van der Waals surface area contributed by atoms with Crippen LogP contribution in [0, 0.1) is 5.92 Å². The summed E-state index contributed by atoms with van der Waals surface area (Å²) in [5, 5.41) is 6.27. The van der Waals surface area contributed by atoms with Gasteiger partial charge in [0.1, 0.15) is 17.2 Å². The zero-order valence-corrected chi connectivity index (χ0v) is 16.9. The summed E-state index contributed by atoms with van der Waals surface area (Å²) in [4.78, 5) is 12.9. The highest BCUT2D eigenvalue weighted by atomic mass is 16.5. The van der Waals surface area contributed by atoms with Crippen LogP contribution in [0.2, 0.25) is 0 Å². The molecule has 6 nitrogen and oxygen atoms in total. The molecule has 0 spiro atoms. The Hall–Kier alpha value is -3.02. The molecule has 0 saturated heterocycles. The number of hydrogen-bond donors (Lipinski definition) is 0. The molecule has 2 aromatic carbocycles. The van der Waals surface area contributed by atoms with Crippen LogP contribution in [-0.2, 0) is 4.79 Å². The van der Waals surface area contributed by atoms with Gasteiger partial charge in [-0.25, -0.2) is 5.01 Å². The standard InChI is InChI=1S/C22H26N2O4/c1-14(2)22(25)24-20(18-12-17(27-4)10-11-21(18)28-5)13-19(23-24)15-6-8-16(26-3)9-7-15/h6-12,14,20H,13H2,1-5H3/t20-/m0/s1. The first-order chi connectivity index (χ1) is 13.5. The quantitative estimate of drug-likeness (QED) is 0.756. The van der Waals surface area contributed by atoms with Crippen molar-refractivity contribution in [3.05, 3.63) is 53.6 Å². The maximum absolute atomic E-state index is 12.9. The minimum absolute atomic E-state index is 0.0293. The lowest BCUT2D eigenvalue weighted by molar-refractivity contribution is -0.136. The molecule has 0 aromatic heterocycles. The van der Waals surface area contributed by atoms with E-state index in [4.69, 9.17) is 14.2 Å². The average Bonchev–Trinajstić information content (AvgIpc) is 3.17. The van der Waals surface area contributed by atoms with Gasteiger partial charge in [-0.3, -0.25) is 4.79 Å². The van der Waals surface area contributed by atoms with Crippen molar-refractivity contribution in [3.8, 4) is 17.2 Å². The van der Waals surface area contributed by atoms with Crippen LogP contribution in [0.3, 0.4) is 0 Å². The SMILES string of the molecule is COc1ccc(C2=NN(C(=O)C(C)C)[C@H](c3cc(OC)ccc3OC)C2)cc1. The number of ether oxygens (including phenoxy) is 3. The van der Waals surface area contributed by atoms with E-state index in [1.807, 2.05) is 56.3 Å². The Morgan fingerprint density at radius 3 is 2.21 bits per heavy atom. The van der Waals surface area contributed by atoms with E-state index in [-0.39, 0.29) is 17.9 Å². The third kappa shape index (κ3) is 3.81. The summed E-state index contributed by atoms with van der Waals surface area (Å²) in [6.07, 6.45) is 0.592. The fourth-order valence-corrected chi connectivity index (χ4v) is 3.28. The maximum atomic E-state index is 12.9. The number of hydrazone groups is 1. The average molecular weight is 382 g/mol. The van der Waals surface area contributed by atoms with Gasteiger partial charge in [0.05, 0.1) is 33.1 Å². The van der Waals surface area contributed by atoms with Crippen LogP contribution in [0.5, 0.6) is 17.2 Å². The van der Waals surface area contributed by atoms with Gasteiger partial charge in [0.15, 0.2) is 0 Å². The molecular weight excluding hydrogens is 356 g/mol. The number of hydrogen-bond acceptors (Lipinski definition) is 5. The summed E-state index contributed by atoms with van der Waals surface area (Å²) in [7, 11) is 4.88. The molecule has 0 bridgehead atoms. The van der Waals surface area contributed by atoms with Gasteiger partial charge >= 0.3 is 0 Å². The smallest absolute Gasteiger partial charge is 0.245 e. The van der Waals surface area contributed by atoms with Crippen LogP contribution in [0.15, 0.2) is 47.6 Å². The summed E-state index contributed by atoms with van der Waals surface area (Å²) in [6, 6.07) is 13.1. The molecule has 0 N–H and O–H groups in total. The van der Waals surface area contributed by atoms with Crippen LogP contribution in [0.4, 0.5) is 0 Å². The van der Waals surface area contributed by atoms with Gasteiger partial charge in [0, 0.05) is 17.9 Å². The normalized spacial score (nSPS) is 16.1. The molecule has 148 valence electrons. The largest absolute Gasteiger partial charge is 0.497 e. The monoisotopic (exact) mass is 382 g/mol. The third-order valence-electron chi connectivity index (χ3n) is 4.85. The molecular formula is C22H26N2O4. The van der Waals surface area contributed by atoms with Crippen molar-refractivity contribution in [1.82, 2.24) is 5.01 Å². The van der Waals surface area contributed by atoms with Crippen molar-refractivity contribution in [3.63, 3.8) is 0 Å². The molecule has 1 aliphatic heterocycles. The highest BCUT2D eigenvalue weighted by molar-refractivity contribution is 6.03. The lowest BCUT2D eigenvalue weighted by Gasteiger charge is -2.25. The van der Waals surface area contributed by atoms with E-state index in [2.05, 4.69) is 5.10 Å². The molecule has 0 radical (unpaired) electrons. The Labute approximate surface area is 165 Å². The minimum Gasteiger partial charge on any atom is -0.497 e. The van der Waals surface area contributed by atoms with Gasteiger partial charge in [0.2, 0.25) is 5.91 Å². The van der Waals surface area contributed by atoms with Gasteiger partial charge < -0.3 is 14.2 Å². The second kappa shape index (κ2) is 8.33. The highest BCUT2D eigenvalue weighted by Gasteiger charge is 2.36. The second-order valence-corrected chi connectivity index (χ2v) is 6.94. The minimum atomic E-state index is -0.253. The van der Waals surface area contributed by atoms with Crippen LogP contribution in [-0.4, -0.2) is 38.0 Å². The zero-order valence-electron chi connectivity index (χ0n) is 16.9. The number of amides is 1. The molecule has 3 rings (SSSR count). The van der Waals surface area contributed by atoms with E-state index in [0.29, 0.717) is 17.9 Å². The first kappa shape index (κ1) is 19.7. The van der Waals surface area contributed by atoms with Gasteiger partial charge in [-0.1, -0.05) is 13.8 Å². The topological polar surface area (TPSA) is 60.4 Å². The highest BCUT2D eigenvalue weighted by Crippen LogP contribution is 2.40. The van der Waals surface area contributed by atoms with Crippen LogP contribution < -0.4 is 14.2 Å². The molecule has 0 fully saturated rings. The van der Waals surface area contributed by atoms with Crippen molar-refractivity contribution in [1.29, 1.82) is 0 Å². The molecule has 6 heteroatoms. The molecule has 1 heterocycles. The van der Waals surface area contributed by atoms with E-state index < -0.39 is 0 Å². The first-order valence-electron chi connectivity index (χ1n) is 9.25. The number of carbonyl (C=O) groups is 1. The predicted octanol–water partition coefficient (Wildman–Crippen LogP) is 4.05. The summed E-state index contributed by atoms with van der Waals surface area (Å²) >= 11 is 0. The molecule has 0 unspecified atom stereocenters. The number of nitrogens with zero attached hydrogens (tertiary/aromatic N) is 2. The zero-order chi connectivity index (χ0) is 20.3. The number of methoxy groups -OCH3 is 3. The molecule has 0 saturated carbocycles. The summed E-state index contributed by atoms with van der Waals surface area (Å²) in [6.45, 7) is 3.76. The number of carbonyl (C=O) groups excluding carboxylic acids is 1. The predicted molar refractivity (Wildman–Crippen MR) is 108 cm³/mol. The van der Waals surface area contributed by atoms with E-state index in [1.165, 1.54) is 0 Å². The maximum Gasteiger partial charge on any atom is 0.245 e. The lowest BCUT2D eigenvalue weighted by Crippen LogP contribution is -2.30. The molecule has 0 aliphatic carbocycles. The van der Waals surface area contributed by atoms with Crippen molar-refractivity contribution in [2.75, 3.05) is 21.3 Å². The second-order valence-electron chi connectivity index (χ2n) is 6.94. The number of rotatable bonds is 6. The van der Waals surface area contributed by atoms with E-state index >= 15 is 0 Å². The molecule has 2 aromatic rings. The Balaban J connectivity index is 2.02. The molecule has 1 amide bonds. The number of benzene rings is 2. The summed E-state index contributed by atoms with van der Waals surface area (Å²) in [5.41, 5.74) is 2.70. The first-order valence-corrected chi connectivity index (χ1v) is 9.25. The lowest BCUT2D eigenvalue weighted by atomic mass is 9.97. The van der Waals surface area contributed by atoms with Gasteiger partial charge in [0.25, 0.3) is 0 Å². The fourth-order valence-electron chi connectivity index (χ4n) is 3.28. The van der Waals surface area contributed by atoms with Gasteiger partial charge in [-0.15, -0.1) is 0 Å². The molecule has 1 atom stereocenters. The summed E-state index contributed by atoms with van der Waals surface area (Å²) < 4.78 is 16.2. The van der Waals surface area contributed by atoms with Crippen molar-refractivity contribution in [2.24, 2.45) is 11.0 Å².